The van der Waals surface area contributed by atoms with Crippen molar-refractivity contribution < 1.29 is 4.79 Å². The van der Waals surface area contributed by atoms with Gasteiger partial charge in [-0.15, -0.1) is 0 Å². The highest BCUT2D eigenvalue weighted by Crippen LogP contribution is 2.15. The van der Waals surface area contributed by atoms with E-state index in [1.54, 1.807) is 0 Å². The van der Waals surface area contributed by atoms with Crippen molar-refractivity contribution >= 4 is 5.91 Å². The van der Waals surface area contributed by atoms with Gasteiger partial charge in [-0.3, -0.25) is 9.69 Å². The molecule has 0 bridgehead atoms. The third kappa shape index (κ3) is 6.64. The molecule has 0 aliphatic rings. The average molecular weight is 243 g/mol. The van der Waals surface area contributed by atoms with E-state index in [1.807, 2.05) is 39.6 Å². The number of nitrogens with two attached hydrogens (primary N) is 1. The molecule has 0 spiro atoms. The van der Waals surface area contributed by atoms with Crippen LogP contribution in [0.25, 0.3) is 0 Å². The molecule has 4 heteroatoms. The molecule has 0 fully saturated rings. The maximum absolute atomic E-state index is 12.0. The zero-order valence-electron chi connectivity index (χ0n) is 12.4. The number of carbonyl (C=O) groups excluding carboxylic acids is 1. The van der Waals surface area contributed by atoms with Gasteiger partial charge in [-0.05, 0) is 46.7 Å². The van der Waals surface area contributed by atoms with Gasteiger partial charge in [0, 0.05) is 12.1 Å². The van der Waals surface area contributed by atoms with Crippen LogP contribution in [0.15, 0.2) is 0 Å². The Morgan fingerprint density at radius 3 is 2.12 bits per heavy atom. The fourth-order valence-corrected chi connectivity index (χ4v) is 1.55. The number of nitrogens with zero attached hydrogens (tertiary/aromatic N) is 1. The van der Waals surface area contributed by atoms with Crippen molar-refractivity contribution in [3.8, 4) is 0 Å². The molecule has 0 aliphatic heterocycles. The molecule has 1 amide bonds. The van der Waals surface area contributed by atoms with Gasteiger partial charge < -0.3 is 11.1 Å². The molecule has 1 unspecified atom stereocenters. The van der Waals surface area contributed by atoms with E-state index in [-0.39, 0.29) is 22.9 Å². The Hall–Kier alpha value is -0.610. The molecule has 3 N–H and O–H groups in total. The van der Waals surface area contributed by atoms with Crippen LogP contribution in [-0.4, -0.2) is 42.5 Å². The zero-order chi connectivity index (χ0) is 13.9. The summed E-state index contributed by atoms with van der Waals surface area (Å²) in [6.07, 6.45) is 0. The van der Waals surface area contributed by atoms with Crippen LogP contribution >= 0.6 is 0 Å². The summed E-state index contributed by atoms with van der Waals surface area (Å²) < 4.78 is 0. The highest BCUT2D eigenvalue weighted by atomic mass is 16.2. The minimum Gasteiger partial charge on any atom is -0.350 e. The first-order valence-electron chi connectivity index (χ1n) is 6.21. The first kappa shape index (κ1) is 16.4. The van der Waals surface area contributed by atoms with E-state index in [1.165, 1.54) is 0 Å². The number of rotatable bonds is 5. The fourth-order valence-electron chi connectivity index (χ4n) is 1.55. The number of hydrogen-bond acceptors (Lipinski definition) is 3. The SMILES string of the molecule is CC(C(=O)NC(C)(C)C)N(C)CC(C)(C)CN. The second kappa shape index (κ2) is 5.83. The lowest BCUT2D eigenvalue weighted by molar-refractivity contribution is -0.127. The summed E-state index contributed by atoms with van der Waals surface area (Å²) in [4.78, 5) is 14.0. The Bertz CT molecular complexity index is 256. The number of likely N-dealkylation sites (N-methyl/N-ethyl adjacent to an activating group) is 1. The van der Waals surface area contributed by atoms with E-state index in [4.69, 9.17) is 5.73 Å². The topological polar surface area (TPSA) is 58.4 Å². The van der Waals surface area contributed by atoms with Gasteiger partial charge in [-0.25, -0.2) is 0 Å². The highest BCUT2D eigenvalue weighted by molar-refractivity contribution is 5.81. The summed E-state index contributed by atoms with van der Waals surface area (Å²) in [6.45, 7) is 13.5. The van der Waals surface area contributed by atoms with Crippen molar-refractivity contribution in [3.05, 3.63) is 0 Å². The lowest BCUT2D eigenvalue weighted by atomic mass is 9.92. The summed E-state index contributed by atoms with van der Waals surface area (Å²) in [5.74, 6) is 0.0628. The molecule has 0 radical (unpaired) electrons. The van der Waals surface area contributed by atoms with E-state index < -0.39 is 0 Å². The van der Waals surface area contributed by atoms with Gasteiger partial charge in [0.1, 0.15) is 0 Å². The minimum absolute atomic E-state index is 0.0328. The van der Waals surface area contributed by atoms with Crippen LogP contribution in [-0.2, 0) is 4.79 Å². The smallest absolute Gasteiger partial charge is 0.237 e. The second-order valence-corrected chi connectivity index (χ2v) is 6.70. The molecule has 102 valence electrons. The van der Waals surface area contributed by atoms with Crippen molar-refractivity contribution in [1.29, 1.82) is 0 Å². The van der Waals surface area contributed by atoms with E-state index in [0.29, 0.717) is 6.54 Å². The highest BCUT2D eigenvalue weighted by Gasteiger charge is 2.26. The van der Waals surface area contributed by atoms with Crippen LogP contribution in [0.2, 0.25) is 0 Å². The van der Waals surface area contributed by atoms with Crippen molar-refractivity contribution in [2.75, 3.05) is 20.1 Å². The largest absolute Gasteiger partial charge is 0.350 e. The van der Waals surface area contributed by atoms with Crippen LogP contribution in [0.1, 0.15) is 41.5 Å². The first-order chi connectivity index (χ1) is 7.48. The predicted molar refractivity (Wildman–Crippen MR) is 72.8 cm³/mol. The molecule has 0 aliphatic carbocycles. The Morgan fingerprint density at radius 2 is 1.76 bits per heavy atom. The molecule has 0 aromatic rings. The van der Waals surface area contributed by atoms with Gasteiger partial charge >= 0.3 is 0 Å². The summed E-state index contributed by atoms with van der Waals surface area (Å²) in [6, 6.07) is -0.139. The second-order valence-electron chi connectivity index (χ2n) is 6.70. The molecule has 0 aromatic carbocycles. The van der Waals surface area contributed by atoms with Crippen LogP contribution < -0.4 is 11.1 Å². The Morgan fingerprint density at radius 1 is 1.29 bits per heavy atom. The number of amides is 1. The van der Waals surface area contributed by atoms with Crippen LogP contribution in [0.5, 0.6) is 0 Å². The third-order valence-electron chi connectivity index (χ3n) is 2.77. The van der Waals surface area contributed by atoms with Crippen molar-refractivity contribution in [2.45, 2.75) is 53.1 Å². The summed E-state index contributed by atoms with van der Waals surface area (Å²) in [7, 11) is 1.96. The average Bonchev–Trinajstić information content (AvgIpc) is 2.13. The van der Waals surface area contributed by atoms with Crippen LogP contribution in [0.4, 0.5) is 0 Å². The Balaban J connectivity index is 4.40. The quantitative estimate of drug-likeness (QED) is 0.763. The lowest BCUT2D eigenvalue weighted by Crippen LogP contribution is -2.52. The van der Waals surface area contributed by atoms with Crippen LogP contribution in [0.3, 0.4) is 0 Å². The molecular formula is C13H29N3O. The minimum atomic E-state index is -0.185. The van der Waals surface area contributed by atoms with E-state index in [9.17, 15) is 4.79 Å². The summed E-state index contributed by atoms with van der Waals surface area (Å²) >= 11 is 0. The van der Waals surface area contributed by atoms with Gasteiger partial charge in [0.05, 0.1) is 6.04 Å². The monoisotopic (exact) mass is 243 g/mol. The van der Waals surface area contributed by atoms with Crippen molar-refractivity contribution in [1.82, 2.24) is 10.2 Å². The maximum Gasteiger partial charge on any atom is 0.237 e. The number of nitrogens with one attached hydrogen (secondary N) is 1. The van der Waals surface area contributed by atoms with Gasteiger partial charge in [-0.1, -0.05) is 13.8 Å². The lowest BCUT2D eigenvalue weighted by Gasteiger charge is -2.33. The molecule has 0 rings (SSSR count). The van der Waals surface area contributed by atoms with E-state index in [0.717, 1.165) is 6.54 Å². The Kier molecular flexibility index (Phi) is 5.62. The third-order valence-corrected chi connectivity index (χ3v) is 2.77. The fraction of sp³-hybridized carbons (Fsp3) is 0.923. The van der Waals surface area contributed by atoms with Gasteiger partial charge in [0.25, 0.3) is 0 Å². The maximum atomic E-state index is 12.0. The van der Waals surface area contributed by atoms with Gasteiger partial charge in [0.2, 0.25) is 5.91 Å². The normalized spacial score (nSPS) is 14.9. The molecule has 0 aromatic heterocycles. The summed E-state index contributed by atoms with van der Waals surface area (Å²) in [5, 5.41) is 2.99. The molecular weight excluding hydrogens is 214 g/mol. The van der Waals surface area contributed by atoms with Gasteiger partial charge in [0.15, 0.2) is 0 Å². The zero-order valence-corrected chi connectivity index (χ0v) is 12.4. The molecule has 4 nitrogen and oxygen atoms in total. The van der Waals surface area contributed by atoms with E-state index >= 15 is 0 Å². The predicted octanol–water partition coefficient (Wildman–Crippen LogP) is 1.21. The standard InChI is InChI=1S/C13H29N3O/c1-10(11(17)15-12(2,3)4)16(7)9-13(5,6)8-14/h10H,8-9,14H2,1-7H3,(H,15,17). The van der Waals surface area contributed by atoms with Crippen LogP contribution in [0, 0.1) is 5.41 Å². The van der Waals surface area contributed by atoms with Crippen molar-refractivity contribution in [3.63, 3.8) is 0 Å². The van der Waals surface area contributed by atoms with Gasteiger partial charge in [-0.2, -0.15) is 0 Å². The number of hydrogen-bond donors (Lipinski definition) is 2. The molecule has 17 heavy (non-hydrogen) atoms. The molecule has 0 heterocycles. The molecule has 0 saturated carbocycles. The number of carbonyl (C=O) groups is 1. The first-order valence-corrected chi connectivity index (χ1v) is 6.21. The summed E-state index contributed by atoms with van der Waals surface area (Å²) in [5.41, 5.74) is 5.55. The van der Waals surface area contributed by atoms with E-state index in [2.05, 4.69) is 19.2 Å². The molecule has 0 saturated heterocycles. The Labute approximate surface area is 106 Å². The van der Waals surface area contributed by atoms with Crippen molar-refractivity contribution in [2.24, 2.45) is 11.1 Å². The molecule has 1 atom stereocenters.